The van der Waals surface area contributed by atoms with E-state index in [1.54, 1.807) is 12.4 Å². The average molecular weight is 266 g/mol. The van der Waals surface area contributed by atoms with Crippen molar-refractivity contribution in [3.8, 4) is 11.5 Å². The lowest BCUT2D eigenvalue weighted by atomic mass is 10.1. The van der Waals surface area contributed by atoms with E-state index in [9.17, 15) is 0 Å². The van der Waals surface area contributed by atoms with Gasteiger partial charge in [-0.15, -0.1) is 10.2 Å². The minimum atomic E-state index is 0.215. The standard InChI is InChI=1S/C15H14N4O/c1-11(12-6-8-16-9-7-12)18-14-4-2-13(3-5-14)15-19-17-10-20-15/h2-11,18H,1H3. The highest BCUT2D eigenvalue weighted by molar-refractivity contribution is 5.58. The van der Waals surface area contributed by atoms with Crippen LogP contribution in [-0.4, -0.2) is 15.2 Å². The fraction of sp³-hybridized carbons (Fsp3) is 0.133. The second kappa shape index (κ2) is 5.52. The van der Waals surface area contributed by atoms with E-state index < -0.39 is 0 Å². The van der Waals surface area contributed by atoms with Crippen molar-refractivity contribution >= 4 is 5.69 Å². The number of anilines is 1. The molecule has 0 aliphatic rings. The Hall–Kier alpha value is -2.69. The molecule has 0 aliphatic heterocycles. The average Bonchev–Trinajstić information content (AvgIpc) is 3.03. The first-order valence-corrected chi connectivity index (χ1v) is 6.36. The van der Waals surface area contributed by atoms with Crippen molar-refractivity contribution in [1.29, 1.82) is 0 Å². The van der Waals surface area contributed by atoms with Crippen LogP contribution >= 0.6 is 0 Å². The Bertz CT molecular complexity index is 650. The highest BCUT2D eigenvalue weighted by Gasteiger charge is 2.06. The van der Waals surface area contributed by atoms with Gasteiger partial charge in [0.1, 0.15) is 0 Å². The van der Waals surface area contributed by atoms with Crippen LogP contribution in [0.15, 0.2) is 59.6 Å². The number of rotatable bonds is 4. The van der Waals surface area contributed by atoms with E-state index in [0.29, 0.717) is 5.89 Å². The minimum Gasteiger partial charge on any atom is -0.423 e. The topological polar surface area (TPSA) is 63.8 Å². The lowest BCUT2D eigenvalue weighted by Gasteiger charge is -2.15. The van der Waals surface area contributed by atoms with Crippen LogP contribution in [0.4, 0.5) is 5.69 Å². The maximum atomic E-state index is 5.16. The summed E-state index contributed by atoms with van der Waals surface area (Å²) in [6, 6.07) is 12.1. The molecule has 2 heterocycles. The molecule has 20 heavy (non-hydrogen) atoms. The van der Waals surface area contributed by atoms with E-state index >= 15 is 0 Å². The second-order valence-corrected chi connectivity index (χ2v) is 4.47. The smallest absolute Gasteiger partial charge is 0.247 e. The third-order valence-electron chi connectivity index (χ3n) is 3.08. The Labute approximate surface area is 116 Å². The van der Waals surface area contributed by atoms with Crippen LogP contribution in [0.25, 0.3) is 11.5 Å². The summed E-state index contributed by atoms with van der Waals surface area (Å²) in [7, 11) is 0. The zero-order valence-corrected chi connectivity index (χ0v) is 11.0. The molecule has 1 atom stereocenters. The molecule has 2 aromatic heterocycles. The molecule has 5 heteroatoms. The van der Waals surface area contributed by atoms with Crippen LogP contribution in [0.3, 0.4) is 0 Å². The van der Waals surface area contributed by atoms with E-state index in [-0.39, 0.29) is 6.04 Å². The first kappa shape index (κ1) is 12.3. The quantitative estimate of drug-likeness (QED) is 0.785. The molecule has 3 aromatic rings. The van der Waals surface area contributed by atoms with Crippen LogP contribution in [0.1, 0.15) is 18.5 Å². The normalized spacial score (nSPS) is 12.1. The predicted molar refractivity (Wildman–Crippen MR) is 76.0 cm³/mol. The number of benzene rings is 1. The second-order valence-electron chi connectivity index (χ2n) is 4.47. The maximum Gasteiger partial charge on any atom is 0.247 e. The maximum absolute atomic E-state index is 5.16. The Morgan fingerprint density at radius 1 is 1.05 bits per heavy atom. The summed E-state index contributed by atoms with van der Waals surface area (Å²) in [5, 5.41) is 11.0. The van der Waals surface area contributed by atoms with Gasteiger partial charge in [0.25, 0.3) is 0 Å². The number of pyridine rings is 1. The zero-order valence-electron chi connectivity index (χ0n) is 11.0. The summed E-state index contributed by atoms with van der Waals surface area (Å²) in [5.41, 5.74) is 3.14. The molecule has 100 valence electrons. The molecule has 1 N–H and O–H groups in total. The molecule has 1 unspecified atom stereocenters. The molecular weight excluding hydrogens is 252 g/mol. The SMILES string of the molecule is CC(Nc1ccc(-c2nnco2)cc1)c1ccncc1. The first-order valence-electron chi connectivity index (χ1n) is 6.36. The third-order valence-corrected chi connectivity index (χ3v) is 3.08. The number of nitrogens with zero attached hydrogens (tertiary/aromatic N) is 3. The summed E-state index contributed by atoms with van der Waals surface area (Å²) in [4.78, 5) is 4.02. The minimum absolute atomic E-state index is 0.215. The Balaban J connectivity index is 1.72. The van der Waals surface area contributed by atoms with Crippen molar-refractivity contribution < 1.29 is 4.42 Å². The summed E-state index contributed by atoms with van der Waals surface area (Å²) in [5.74, 6) is 0.527. The monoisotopic (exact) mass is 266 g/mol. The van der Waals surface area contributed by atoms with Crippen molar-refractivity contribution in [1.82, 2.24) is 15.2 Å². The molecule has 1 aromatic carbocycles. The van der Waals surface area contributed by atoms with Gasteiger partial charge in [-0.05, 0) is 48.9 Å². The molecule has 0 saturated heterocycles. The summed E-state index contributed by atoms with van der Waals surface area (Å²) in [6.07, 6.45) is 4.92. The van der Waals surface area contributed by atoms with Gasteiger partial charge in [0, 0.05) is 29.7 Å². The number of aromatic nitrogens is 3. The summed E-state index contributed by atoms with van der Waals surface area (Å²) < 4.78 is 5.16. The zero-order chi connectivity index (χ0) is 13.8. The molecular formula is C15H14N4O. The Morgan fingerprint density at radius 2 is 1.80 bits per heavy atom. The number of nitrogens with one attached hydrogen (secondary N) is 1. The Morgan fingerprint density at radius 3 is 2.45 bits per heavy atom. The summed E-state index contributed by atoms with van der Waals surface area (Å²) in [6.45, 7) is 2.11. The fourth-order valence-corrected chi connectivity index (χ4v) is 1.99. The summed E-state index contributed by atoms with van der Waals surface area (Å²) >= 11 is 0. The number of hydrogen-bond acceptors (Lipinski definition) is 5. The van der Waals surface area contributed by atoms with Gasteiger partial charge in [-0.2, -0.15) is 0 Å². The van der Waals surface area contributed by atoms with E-state index in [2.05, 4.69) is 27.4 Å². The van der Waals surface area contributed by atoms with Crippen molar-refractivity contribution in [2.24, 2.45) is 0 Å². The predicted octanol–water partition coefficient (Wildman–Crippen LogP) is 3.30. The fourth-order valence-electron chi connectivity index (χ4n) is 1.99. The van der Waals surface area contributed by atoms with E-state index in [4.69, 9.17) is 4.42 Å². The molecule has 0 fully saturated rings. The van der Waals surface area contributed by atoms with Crippen LogP contribution in [0, 0.1) is 0 Å². The van der Waals surface area contributed by atoms with E-state index in [1.165, 1.54) is 12.0 Å². The van der Waals surface area contributed by atoms with Gasteiger partial charge in [-0.25, -0.2) is 0 Å². The van der Waals surface area contributed by atoms with Gasteiger partial charge in [-0.1, -0.05) is 0 Å². The molecule has 0 aliphatic carbocycles. The first-order chi connectivity index (χ1) is 9.83. The molecule has 0 spiro atoms. The van der Waals surface area contributed by atoms with Gasteiger partial charge in [-0.3, -0.25) is 4.98 Å². The molecule has 0 amide bonds. The van der Waals surface area contributed by atoms with Gasteiger partial charge >= 0.3 is 0 Å². The van der Waals surface area contributed by atoms with E-state index in [1.807, 2.05) is 36.4 Å². The van der Waals surface area contributed by atoms with Gasteiger partial charge in [0.2, 0.25) is 12.3 Å². The molecule has 0 radical (unpaired) electrons. The van der Waals surface area contributed by atoms with Crippen molar-refractivity contribution in [2.45, 2.75) is 13.0 Å². The van der Waals surface area contributed by atoms with Crippen molar-refractivity contribution in [3.05, 3.63) is 60.7 Å². The molecule has 3 rings (SSSR count). The van der Waals surface area contributed by atoms with Gasteiger partial charge < -0.3 is 9.73 Å². The van der Waals surface area contributed by atoms with E-state index in [0.717, 1.165) is 11.3 Å². The highest BCUT2D eigenvalue weighted by Crippen LogP contribution is 2.22. The molecule has 0 saturated carbocycles. The largest absolute Gasteiger partial charge is 0.423 e. The Kier molecular flexibility index (Phi) is 3.41. The van der Waals surface area contributed by atoms with Gasteiger partial charge in [0.15, 0.2) is 0 Å². The van der Waals surface area contributed by atoms with Crippen LogP contribution < -0.4 is 5.32 Å². The molecule has 5 nitrogen and oxygen atoms in total. The third kappa shape index (κ3) is 2.66. The van der Waals surface area contributed by atoms with Crippen molar-refractivity contribution in [2.75, 3.05) is 5.32 Å². The van der Waals surface area contributed by atoms with Gasteiger partial charge in [0.05, 0.1) is 0 Å². The van der Waals surface area contributed by atoms with Crippen LogP contribution in [-0.2, 0) is 0 Å². The van der Waals surface area contributed by atoms with Crippen LogP contribution in [0.5, 0.6) is 0 Å². The lowest BCUT2D eigenvalue weighted by Crippen LogP contribution is -2.06. The molecule has 0 bridgehead atoms. The van der Waals surface area contributed by atoms with Crippen molar-refractivity contribution in [3.63, 3.8) is 0 Å². The van der Waals surface area contributed by atoms with Crippen LogP contribution in [0.2, 0.25) is 0 Å². The number of hydrogen-bond donors (Lipinski definition) is 1. The lowest BCUT2D eigenvalue weighted by molar-refractivity contribution is 0.568. The highest BCUT2D eigenvalue weighted by atomic mass is 16.4.